The molecular formula is C33H24O12. The van der Waals surface area contributed by atoms with Crippen molar-refractivity contribution in [1.29, 1.82) is 0 Å². The van der Waals surface area contributed by atoms with Crippen molar-refractivity contribution in [1.82, 2.24) is 0 Å². The number of carbonyl (C=O) groups is 3. The number of Topliss-reactive ketones (excluding diaryl/α,β-unsaturated/α-hetero) is 1. The Labute approximate surface area is 253 Å². The average Bonchev–Trinajstić information content (AvgIpc) is 3.02. The molecule has 0 aliphatic carbocycles. The van der Waals surface area contributed by atoms with Crippen LogP contribution in [-0.4, -0.2) is 61.0 Å². The molecule has 0 spiro atoms. The SMILES string of the molecule is COC(=O)c1cc2cc3cc4cc(CC(=O)O)c(C(=O)C5=C(O)c6ccccc6OC5)c(OC)c4c(OC)c3c(O)c2c(=O)o1. The molecule has 5 aromatic rings. The molecule has 228 valence electrons. The van der Waals surface area contributed by atoms with Gasteiger partial charge < -0.3 is 38.7 Å². The summed E-state index contributed by atoms with van der Waals surface area (Å²) in [6.07, 6.45) is -0.578. The fourth-order valence-corrected chi connectivity index (χ4v) is 5.74. The van der Waals surface area contributed by atoms with Gasteiger partial charge in [-0.25, -0.2) is 9.59 Å². The van der Waals surface area contributed by atoms with E-state index in [1.165, 1.54) is 32.4 Å². The number of phenols is 1. The van der Waals surface area contributed by atoms with Gasteiger partial charge in [0.15, 0.2) is 5.78 Å². The minimum absolute atomic E-state index is 0.00885. The van der Waals surface area contributed by atoms with Gasteiger partial charge in [0, 0.05) is 0 Å². The molecule has 0 bridgehead atoms. The highest BCUT2D eigenvalue weighted by atomic mass is 16.5. The van der Waals surface area contributed by atoms with Crippen LogP contribution in [0.3, 0.4) is 0 Å². The van der Waals surface area contributed by atoms with Gasteiger partial charge in [-0.3, -0.25) is 9.59 Å². The Bertz CT molecular complexity index is 2210. The maximum atomic E-state index is 14.2. The highest BCUT2D eigenvalue weighted by Gasteiger charge is 2.32. The number of carbonyl (C=O) groups excluding carboxylic acids is 2. The number of hydrogen-bond acceptors (Lipinski definition) is 11. The summed E-state index contributed by atoms with van der Waals surface area (Å²) in [5.74, 6) is -3.77. The Morgan fingerprint density at radius 2 is 1.53 bits per heavy atom. The van der Waals surface area contributed by atoms with Crippen molar-refractivity contribution in [2.24, 2.45) is 0 Å². The number of carboxylic acid groups (broad SMARTS) is 1. The maximum Gasteiger partial charge on any atom is 0.374 e. The number of phenolic OH excluding ortho intramolecular Hbond substituents is 1. The van der Waals surface area contributed by atoms with Crippen molar-refractivity contribution in [2.45, 2.75) is 6.42 Å². The molecule has 6 rings (SSSR count). The molecule has 12 nitrogen and oxygen atoms in total. The van der Waals surface area contributed by atoms with Crippen molar-refractivity contribution in [2.75, 3.05) is 27.9 Å². The van der Waals surface area contributed by atoms with E-state index in [-0.39, 0.29) is 67.9 Å². The molecule has 12 heteroatoms. The summed E-state index contributed by atoms with van der Waals surface area (Å²) >= 11 is 0. The Kier molecular flexibility index (Phi) is 7.04. The van der Waals surface area contributed by atoms with Gasteiger partial charge in [0.05, 0.1) is 55.2 Å². The number of aliphatic hydroxyl groups is 1. The highest BCUT2D eigenvalue weighted by molar-refractivity contribution is 6.21. The van der Waals surface area contributed by atoms with E-state index in [1.807, 2.05) is 0 Å². The minimum atomic E-state index is -1.23. The molecule has 0 radical (unpaired) electrons. The first-order valence-corrected chi connectivity index (χ1v) is 13.4. The van der Waals surface area contributed by atoms with Gasteiger partial charge in [-0.2, -0.15) is 0 Å². The molecule has 0 saturated carbocycles. The van der Waals surface area contributed by atoms with Crippen LogP contribution in [0.5, 0.6) is 23.0 Å². The number of benzene rings is 4. The van der Waals surface area contributed by atoms with Crippen LogP contribution in [-0.2, 0) is 16.0 Å². The van der Waals surface area contributed by atoms with Crippen LogP contribution in [0.15, 0.2) is 63.3 Å². The third-order valence-corrected chi connectivity index (χ3v) is 7.65. The third kappa shape index (κ3) is 4.54. The summed E-state index contributed by atoms with van der Waals surface area (Å²) in [5.41, 5.74) is -0.908. The first-order valence-electron chi connectivity index (χ1n) is 13.4. The predicted molar refractivity (Wildman–Crippen MR) is 161 cm³/mol. The van der Waals surface area contributed by atoms with E-state index in [0.717, 1.165) is 7.11 Å². The monoisotopic (exact) mass is 612 g/mol. The van der Waals surface area contributed by atoms with Crippen molar-refractivity contribution < 1.29 is 53.1 Å². The average molecular weight is 613 g/mol. The fourth-order valence-electron chi connectivity index (χ4n) is 5.74. The van der Waals surface area contributed by atoms with E-state index in [1.54, 1.807) is 30.3 Å². The molecule has 45 heavy (non-hydrogen) atoms. The quantitative estimate of drug-likeness (QED) is 0.130. The lowest BCUT2D eigenvalue weighted by Gasteiger charge is -2.23. The van der Waals surface area contributed by atoms with Crippen molar-refractivity contribution in [3.63, 3.8) is 0 Å². The third-order valence-electron chi connectivity index (χ3n) is 7.65. The number of ketones is 1. The summed E-state index contributed by atoms with van der Waals surface area (Å²) in [7, 11) is 3.72. The van der Waals surface area contributed by atoms with Crippen LogP contribution in [0, 0.1) is 0 Å². The molecule has 0 fully saturated rings. The zero-order valence-electron chi connectivity index (χ0n) is 24.0. The first-order chi connectivity index (χ1) is 21.6. The molecule has 1 aliphatic heterocycles. The second-order valence-electron chi connectivity index (χ2n) is 10.1. The zero-order valence-corrected chi connectivity index (χ0v) is 24.0. The maximum absolute atomic E-state index is 14.2. The van der Waals surface area contributed by atoms with Gasteiger partial charge in [0.25, 0.3) is 0 Å². The summed E-state index contributed by atoms with van der Waals surface area (Å²) in [5, 5.41) is 33.2. The van der Waals surface area contributed by atoms with Crippen LogP contribution in [0.1, 0.15) is 32.0 Å². The Hall–Kier alpha value is -6.04. The van der Waals surface area contributed by atoms with Crippen molar-refractivity contribution in [3.8, 4) is 23.0 Å². The van der Waals surface area contributed by atoms with Gasteiger partial charge in [-0.15, -0.1) is 0 Å². The summed E-state index contributed by atoms with van der Waals surface area (Å²) in [4.78, 5) is 51.1. The van der Waals surface area contributed by atoms with Gasteiger partial charge in [0.2, 0.25) is 5.76 Å². The fraction of sp³-hybridized carbons (Fsp3) is 0.152. The number of aromatic hydroxyl groups is 1. The minimum Gasteiger partial charge on any atom is -0.507 e. The van der Waals surface area contributed by atoms with Gasteiger partial charge in [-0.1, -0.05) is 12.1 Å². The Morgan fingerprint density at radius 1 is 0.867 bits per heavy atom. The smallest absolute Gasteiger partial charge is 0.374 e. The van der Waals surface area contributed by atoms with E-state index < -0.39 is 35.5 Å². The van der Waals surface area contributed by atoms with Crippen LogP contribution < -0.4 is 19.8 Å². The van der Waals surface area contributed by atoms with E-state index in [4.69, 9.17) is 18.6 Å². The molecule has 0 unspecified atom stereocenters. The second kappa shape index (κ2) is 10.9. The number of esters is 1. The van der Waals surface area contributed by atoms with Crippen molar-refractivity contribution >= 4 is 55.8 Å². The van der Waals surface area contributed by atoms with Gasteiger partial charge >= 0.3 is 17.6 Å². The van der Waals surface area contributed by atoms with Gasteiger partial charge in [0.1, 0.15) is 40.8 Å². The van der Waals surface area contributed by atoms with E-state index in [0.29, 0.717) is 22.1 Å². The number of rotatable bonds is 7. The number of hydrogen-bond donors (Lipinski definition) is 3. The molecule has 4 aromatic carbocycles. The van der Waals surface area contributed by atoms with Crippen molar-refractivity contribution in [3.05, 3.63) is 87.0 Å². The second-order valence-corrected chi connectivity index (χ2v) is 10.1. The van der Waals surface area contributed by atoms with Crippen LogP contribution in [0.2, 0.25) is 0 Å². The zero-order chi connectivity index (χ0) is 32.2. The van der Waals surface area contributed by atoms with E-state index in [2.05, 4.69) is 4.74 Å². The van der Waals surface area contributed by atoms with E-state index >= 15 is 0 Å². The molecule has 3 N–H and O–H groups in total. The lowest BCUT2D eigenvalue weighted by molar-refractivity contribution is -0.136. The van der Waals surface area contributed by atoms with E-state index in [9.17, 15) is 34.5 Å². The summed E-state index contributed by atoms with van der Waals surface area (Å²) in [6.45, 7) is -0.291. The number of ether oxygens (including phenoxy) is 4. The van der Waals surface area contributed by atoms with Crippen LogP contribution >= 0.6 is 0 Å². The predicted octanol–water partition coefficient (Wildman–Crippen LogP) is 4.78. The van der Waals surface area contributed by atoms with Crippen LogP contribution in [0.25, 0.3) is 38.1 Å². The summed E-state index contributed by atoms with van der Waals surface area (Å²) < 4.78 is 26.9. The number of aliphatic hydroxyl groups excluding tert-OH is 1. The highest BCUT2D eigenvalue weighted by Crippen LogP contribution is 2.48. The number of methoxy groups -OCH3 is 3. The molecule has 1 aromatic heterocycles. The Morgan fingerprint density at radius 3 is 2.20 bits per heavy atom. The van der Waals surface area contributed by atoms with Crippen LogP contribution in [0.4, 0.5) is 0 Å². The lowest BCUT2D eigenvalue weighted by atomic mass is 9.88. The van der Waals surface area contributed by atoms with Gasteiger partial charge in [-0.05, 0) is 58.1 Å². The lowest BCUT2D eigenvalue weighted by Crippen LogP contribution is -2.21. The number of fused-ring (bicyclic) bond motifs is 4. The molecule has 1 aliphatic rings. The number of carboxylic acids is 1. The molecular weight excluding hydrogens is 588 g/mol. The first kappa shape index (κ1) is 29.1. The molecule has 0 saturated heterocycles. The molecule has 2 heterocycles. The standard InChI is InChI=1S/C33H24O12/c1-41-30-23(28(37)19-13-44-20-7-5-4-6-18(20)27(19)36)17(12-22(34)35)10-15-8-14-9-16-11-21(32(39)43-3)45-33(40)25(16)29(38)24(14)31(42-2)26(15)30/h4-11,36,38H,12-13H2,1-3H3,(H,34,35). The normalized spacial score (nSPS) is 12.6. The molecule has 0 amide bonds. The molecule has 0 atom stereocenters. The number of para-hydroxylation sites is 1. The topological polar surface area (TPSA) is 179 Å². The summed E-state index contributed by atoms with van der Waals surface area (Å²) in [6, 6.07) is 12.5. The largest absolute Gasteiger partial charge is 0.507 e. The number of aliphatic carboxylic acids is 1. The Balaban J connectivity index is 1.70.